The van der Waals surface area contributed by atoms with Crippen LogP contribution in [0.3, 0.4) is 0 Å². The fourth-order valence-corrected chi connectivity index (χ4v) is 3.84. The fraction of sp³-hybridized carbons (Fsp3) is 0.167. The van der Waals surface area contributed by atoms with Crippen LogP contribution in [0.25, 0.3) is 0 Å². The first-order chi connectivity index (χ1) is 13.8. The number of halogens is 3. The molecule has 0 saturated carbocycles. The van der Waals surface area contributed by atoms with Gasteiger partial charge in [0.05, 0.1) is 24.1 Å². The van der Waals surface area contributed by atoms with E-state index in [0.717, 1.165) is 29.3 Å². The number of thioether (sulfide) groups is 1. The van der Waals surface area contributed by atoms with Crippen LogP contribution in [-0.4, -0.2) is 29.0 Å². The summed E-state index contributed by atoms with van der Waals surface area (Å²) in [6, 6.07) is 12.1. The molecule has 1 aromatic heterocycles. The van der Waals surface area contributed by atoms with Gasteiger partial charge in [0, 0.05) is 5.69 Å². The Bertz CT molecular complexity index is 978. The second kappa shape index (κ2) is 9.14. The minimum Gasteiger partial charge on any atom is -0.497 e. The molecular formula is C18H15F3N4O2S2. The second-order valence-electron chi connectivity index (χ2n) is 5.61. The Morgan fingerprint density at radius 1 is 1.14 bits per heavy atom. The molecule has 3 aromatic rings. The van der Waals surface area contributed by atoms with Gasteiger partial charge in [-0.3, -0.25) is 4.79 Å². The molecule has 0 aliphatic carbocycles. The van der Waals surface area contributed by atoms with Crippen molar-refractivity contribution in [1.82, 2.24) is 10.2 Å². The van der Waals surface area contributed by atoms with Gasteiger partial charge >= 0.3 is 6.18 Å². The molecule has 0 spiro atoms. The lowest BCUT2D eigenvalue weighted by atomic mass is 10.1. The van der Waals surface area contributed by atoms with E-state index >= 15 is 0 Å². The van der Waals surface area contributed by atoms with Crippen LogP contribution in [0.4, 0.5) is 29.7 Å². The number of alkyl halides is 3. The highest BCUT2D eigenvalue weighted by Crippen LogP contribution is 2.35. The molecule has 0 atom stereocenters. The van der Waals surface area contributed by atoms with Crippen LogP contribution in [0.2, 0.25) is 0 Å². The maximum Gasteiger partial charge on any atom is 0.418 e. The van der Waals surface area contributed by atoms with Crippen molar-refractivity contribution in [3.8, 4) is 5.75 Å². The number of rotatable bonds is 7. The Labute approximate surface area is 172 Å². The summed E-state index contributed by atoms with van der Waals surface area (Å²) in [4.78, 5) is 12.1. The number of ether oxygens (including phenoxy) is 1. The van der Waals surface area contributed by atoms with E-state index in [1.807, 2.05) is 12.1 Å². The molecule has 0 radical (unpaired) electrons. The average molecular weight is 440 g/mol. The standard InChI is InChI=1S/C18H15F3N4O2S2/c1-27-12-8-6-11(7-9-12)22-16-24-25-17(29-16)28-10-15(26)23-14-5-3-2-4-13(14)18(19,20)21/h2-9H,10H2,1H3,(H,22,24)(H,23,26). The third kappa shape index (κ3) is 5.84. The molecule has 1 amide bonds. The lowest BCUT2D eigenvalue weighted by molar-refractivity contribution is -0.137. The lowest BCUT2D eigenvalue weighted by Gasteiger charge is -2.13. The number of hydrogen-bond acceptors (Lipinski definition) is 7. The van der Waals surface area contributed by atoms with Crippen LogP contribution in [-0.2, 0) is 11.0 Å². The minimum absolute atomic E-state index is 0.0939. The lowest BCUT2D eigenvalue weighted by Crippen LogP contribution is -2.18. The quantitative estimate of drug-likeness (QED) is 0.502. The zero-order valence-electron chi connectivity index (χ0n) is 15.0. The van der Waals surface area contributed by atoms with Crippen molar-refractivity contribution >= 4 is 45.5 Å². The predicted molar refractivity (Wildman–Crippen MR) is 107 cm³/mol. The number of carbonyl (C=O) groups excluding carboxylic acids is 1. The Hall–Kier alpha value is -2.79. The van der Waals surface area contributed by atoms with Gasteiger partial charge in [0.15, 0.2) is 4.34 Å². The van der Waals surface area contributed by atoms with Gasteiger partial charge in [0.2, 0.25) is 11.0 Å². The highest BCUT2D eigenvalue weighted by Gasteiger charge is 2.33. The molecule has 152 valence electrons. The second-order valence-corrected chi connectivity index (χ2v) is 7.81. The summed E-state index contributed by atoms with van der Waals surface area (Å²) in [5.74, 6) is 0.0670. The third-order valence-corrected chi connectivity index (χ3v) is 5.55. The molecule has 1 heterocycles. The van der Waals surface area contributed by atoms with Crippen LogP contribution < -0.4 is 15.4 Å². The Morgan fingerprint density at radius 3 is 2.55 bits per heavy atom. The van der Waals surface area contributed by atoms with Gasteiger partial charge in [-0.2, -0.15) is 13.2 Å². The molecular weight excluding hydrogens is 425 g/mol. The molecule has 3 rings (SSSR count). The summed E-state index contributed by atoms with van der Waals surface area (Å²) in [7, 11) is 1.58. The zero-order valence-corrected chi connectivity index (χ0v) is 16.6. The van der Waals surface area contributed by atoms with E-state index in [1.54, 1.807) is 19.2 Å². The normalized spacial score (nSPS) is 11.2. The Morgan fingerprint density at radius 2 is 1.86 bits per heavy atom. The smallest absolute Gasteiger partial charge is 0.418 e. The van der Waals surface area contributed by atoms with Crippen molar-refractivity contribution in [3.05, 3.63) is 54.1 Å². The number of nitrogens with zero attached hydrogens (tertiary/aromatic N) is 2. The van der Waals surface area contributed by atoms with Gasteiger partial charge < -0.3 is 15.4 Å². The summed E-state index contributed by atoms with van der Waals surface area (Å²) < 4.78 is 44.6. The van der Waals surface area contributed by atoms with Crippen LogP contribution in [0, 0.1) is 0 Å². The maximum absolute atomic E-state index is 13.0. The van der Waals surface area contributed by atoms with Gasteiger partial charge in [-0.15, -0.1) is 10.2 Å². The first kappa shape index (κ1) is 20.9. The van der Waals surface area contributed by atoms with Gasteiger partial charge in [-0.25, -0.2) is 0 Å². The topological polar surface area (TPSA) is 76.1 Å². The van der Waals surface area contributed by atoms with Crippen LogP contribution >= 0.6 is 23.1 Å². The molecule has 0 saturated heterocycles. The first-order valence-corrected chi connectivity index (χ1v) is 9.99. The molecule has 0 aliphatic heterocycles. The van der Waals surface area contributed by atoms with Gasteiger partial charge in [-0.1, -0.05) is 35.2 Å². The summed E-state index contributed by atoms with van der Waals surface area (Å²) >= 11 is 2.32. The summed E-state index contributed by atoms with van der Waals surface area (Å²) in [5, 5.41) is 13.9. The molecule has 2 aromatic carbocycles. The number of nitrogens with one attached hydrogen (secondary N) is 2. The number of para-hydroxylation sites is 1. The summed E-state index contributed by atoms with van der Waals surface area (Å²) in [6.07, 6.45) is -4.54. The van der Waals surface area contributed by atoms with Crippen LogP contribution in [0.5, 0.6) is 5.75 Å². The number of amides is 1. The van der Waals surface area contributed by atoms with E-state index in [-0.39, 0.29) is 11.4 Å². The first-order valence-electron chi connectivity index (χ1n) is 8.18. The van der Waals surface area contributed by atoms with E-state index in [4.69, 9.17) is 4.74 Å². The maximum atomic E-state index is 13.0. The van der Waals surface area contributed by atoms with Crippen molar-refractivity contribution in [1.29, 1.82) is 0 Å². The molecule has 0 fully saturated rings. The SMILES string of the molecule is COc1ccc(Nc2nnc(SCC(=O)Nc3ccccc3C(F)(F)F)s2)cc1. The molecule has 29 heavy (non-hydrogen) atoms. The molecule has 6 nitrogen and oxygen atoms in total. The molecule has 2 N–H and O–H groups in total. The van der Waals surface area contributed by atoms with Gasteiger partial charge in [-0.05, 0) is 36.4 Å². The van der Waals surface area contributed by atoms with Gasteiger partial charge in [0.25, 0.3) is 0 Å². The van der Waals surface area contributed by atoms with E-state index in [1.165, 1.54) is 29.5 Å². The predicted octanol–water partition coefficient (Wildman–Crippen LogP) is 5.04. The number of aromatic nitrogens is 2. The van der Waals surface area contributed by atoms with Crippen molar-refractivity contribution < 1.29 is 22.7 Å². The van der Waals surface area contributed by atoms with E-state index < -0.39 is 17.6 Å². The molecule has 0 aliphatic rings. The van der Waals surface area contributed by atoms with Crippen molar-refractivity contribution in [2.45, 2.75) is 10.5 Å². The average Bonchev–Trinajstić information content (AvgIpc) is 3.14. The molecule has 0 bridgehead atoms. The third-order valence-electron chi connectivity index (χ3n) is 3.58. The highest BCUT2D eigenvalue weighted by atomic mass is 32.2. The number of anilines is 3. The van der Waals surface area contributed by atoms with Crippen molar-refractivity contribution in [2.75, 3.05) is 23.5 Å². The van der Waals surface area contributed by atoms with E-state index in [9.17, 15) is 18.0 Å². The Kier molecular flexibility index (Phi) is 6.60. The summed E-state index contributed by atoms with van der Waals surface area (Å²) in [5.41, 5.74) is -0.370. The number of benzene rings is 2. The number of hydrogen-bond donors (Lipinski definition) is 2. The highest BCUT2D eigenvalue weighted by molar-refractivity contribution is 8.01. The van der Waals surface area contributed by atoms with Crippen LogP contribution in [0.15, 0.2) is 52.9 Å². The zero-order chi connectivity index (χ0) is 20.9. The van der Waals surface area contributed by atoms with Crippen LogP contribution in [0.1, 0.15) is 5.56 Å². The minimum atomic E-state index is -4.54. The molecule has 0 unspecified atom stereocenters. The van der Waals surface area contributed by atoms with Gasteiger partial charge in [0.1, 0.15) is 5.75 Å². The monoisotopic (exact) mass is 440 g/mol. The van der Waals surface area contributed by atoms with E-state index in [2.05, 4.69) is 20.8 Å². The molecule has 11 heteroatoms. The van der Waals surface area contributed by atoms with Crippen molar-refractivity contribution in [2.24, 2.45) is 0 Å². The Balaban J connectivity index is 1.55. The largest absolute Gasteiger partial charge is 0.497 e. The summed E-state index contributed by atoms with van der Waals surface area (Å²) in [6.45, 7) is 0. The fourth-order valence-electron chi connectivity index (χ4n) is 2.27. The number of carbonyl (C=O) groups is 1. The van der Waals surface area contributed by atoms with Crippen molar-refractivity contribution in [3.63, 3.8) is 0 Å². The van der Waals surface area contributed by atoms with E-state index in [0.29, 0.717) is 9.47 Å². The number of methoxy groups -OCH3 is 1.